The quantitative estimate of drug-likeness (QED) is 0.541. The summed E-state index contributed by atoms with van der Waals surface area (Å²) in [7, 11) is 0. The molecule has 3 nitrogen and oxygen atoms in total. The van der Waals surface area contributed by atoms with Gasteiger partial charge in [0.2, 0.25) is 5.91 Å². The highest BCUT2D eigenvalue weighted by Gasteiger charge is 2.31. The Hall–Kier alpha value is -0.570. The molecule has 0 aromatic carbocycles. The van der Waals surface area contributed by atoms with E-state index in [1.54, 1.807) is 0 Å². The molecule has 0 bridgehead atoms. The van der Waals surface area contributed by atoms with Crippen LogP contribution in [0, 0.1) is 0 Å². The molecule has 1 amide bonds. The fourth-order valence-electron chi connectivity index (χ4n) is 1.27. The van der Waals surface area contributed by atoms with Crippen molar-refractivity contribution in [1.29, 1.82) is 0 Å². The Labute approximate surface area is 61.0 Å². The second-order valence-electron chi connectivity index (χ2n) is 3.08. The topological polar surface area (TPSA) is 55.1 Å². The first-order valence-corrected chi connectivity index (χ1v) is 3.70. The molecule has 1 heterocycles. The lowest BCUT2D eigenvalue weighted by atomic mass is 9.90. The third-order valence-electron chi connectivity index (χ3n) is 2.16. The van der Waals surface area contributed by atoms with E-state index in [4.69, 9.17) is 5.73 Å². The van der Waals surface area contributed by atoms with Gasteiger partial charge in [-0.1, -0.05) is 0 Å². The Bertz CT molecular complexity index is 139. The molecule has 1 aliphatic rings. The third-order valence-corrected chi connectivity index (χ3v) is 2.16. The summed E-state index contributed by atoms with van der Waals surface area (Å²) in [6.45, 7) is 2.79. The van der Waals surface area contributed by atoms with Crippen LogP contribution in [0.25, 0.3) is 0 Å². The van der Waals surface area contributed by atoms with Crippen molar-refractivity contribution in [2.24, 2.45) is 5.73 Å². The lowest BCUT2D eigenvalue weighted by Gasteiger charge is -2.31. The van der Waals surface area contributed by atoms with Crippen LogP contribution in [0.5, 0.6) is 0 Å². The van der Waals surface area contributed by atoms with Crippen LogP contribution in [-0.2, 0) is 4.79 Å². The summed E-state index contributed by atoms with van der Waals surface area (Å²) in [5.74, 6) is -0.229. The molecule has 3 N–H and O–H groups in total. The Balaban J connectivity index is 2.56. The Morgan fingerprint density at radius 3 is 2.60 bits per heavy atom. The summed E-state index contributed by atoms with van der Waals surface area (Å²) in [6.07, 6.45) is 3.14. The van der Waals surface area contributed by atoms with Crippen LogP contribution in [0.4, 0.5) is 0 Å². The first-order chi connectivity index (χ1) is 4.65. The van der Waals surface area contributed by atoms with Crippen LogP contribution in [-0.4, -0.2) is 18.0 Å². The van der Waals surface area contributed by atoms with Gasteiger partial charge in [0.1, 0.15) is 0 Å². The monoisotopic (exact) mass is 142 g/mol. The molecule has 1 saturated heterocycles. The van der Waals surface area contributed by atoms with Gasteiger partial charge in [-0.2, -0.15) is 0 Å². The van der Waals surface area contributed by atoms with Gasteiger partial charge >= 0.3 is 0 Å². The van der Waals surface area contributed by atoms with E-state index in [1.807, 2.05) is 6.92 Å². The van der Waals surface area contributed by atoms with E-state index in [-0.39, 0.29) is 5.91 Å². The molecule has 58 valence electrons. The standard InChI is InChI=1S/C7H14N2O/c1-7(6(8)10)4-2-3-5-9-7/h9H,2-5H2,1H3,(H2,8,10). The number of carbonyl (C=O) groups is 1. The highest BCUT2D eigenvalue weighted by molar-refractivity contribution is 5.84. The van der Waals surface area contributed by atoms with Gasteiger partial charge in [0.15, 0.2) is 0 Å². The van der Waals surface area contributed by atoms with Crippen molar-refractivity contribution < 1.29 is 4.79 Å². The minimum atomic E-state index is -0.432. The number of nitrogens with two attached hydrogens (primary N) is 1. The maximum absolute atomic E-state index is 10.8. The van der Waals surface area contributed by atoms with Gasteiger partial charge in [-0.15, -0.1) is 0 Å². The first kappa shape index (κ1) is 7.54. The van der Waals surface area contributed by atoms with Crippen molar-refractivity contribution in [2.75, 3.05) is 6.54 Å². The van der Waals surface area contributed by atoms with E-state index in [1.165, 1.54) is 0 Å². The van der Waals surface area contributed by atoms with Crippen LogP contribution in [0.2, 0.25) is 0 Å². The van der Waals surface area contributed by atoms with E-state index >= 15 is 0 Å². The van der Waals surface area contributed by atoms with Crippen LogP contribution in [0.15, 0.2) is 0 Å². The van der Waals surface area contributed by atoms with E-state index < -0.39 is 5.54 Å². The lowest BCUT2D eigenvalue weighted by Crippen LogP contribution is -2.55. The molecule has 1 rings (SSSR count). The number of hydrogen-bond acceptors (Lipinski definition) is 2. The molecule has 0 aromatic heterocycles. The van der Waals surface area contributed by atoms with Crippen LogP contribution in [0.1, 0.15) is 26.2 Å². The largest absolute Gasteiger partial charge is 0.368 e. The Morgan fingerprint density at radius 1 is 1.60 bits per heavy atom. The fraction of sp³-hybridized carbons (Fsp3) is 0.857. The first-order valence-electron chi connectivity index (χ1n) is 3.70. The minimum Gasteiger partial charge on any atom is -0.368 e. The molecule has 0 saturated carbocycles. The van der Waals surface area contributed by atoms with Gasteiger partial charge in [0, 0.05) is 0 Å². The third kappa shape index (κ3) is 1.29. The molecule has 3 heteroatoms. The number of hydrogen-bond donors (Lipinski definition) is 2. The molecule has 0 aliphatic carbocycles. The van der Waals surface area contributed by atoms with Crippen molar-refractivity contribution in [3.63, 3.8) is 0 Å². The SMILES string of the molecule is CC1(C(N)=O)CCCCN1. The summed E-state index contributed by atoms with van der Waals surface area (Å²) in [4.78, 5) is 10.8. The zero-order valence-corrected chi connectivity index (χ0v) is 6.31. The van der Waals surface area contributed by atoms with Crippen molar-refractivity contribution in [3.8, 4) is 0 Å². The second kappa shape index (κ2) is 2.58. The number of amides is 1. The number of carbonyl (C=O) groups excluding carboxylic acids is 1. The van der Waals surface area contributed by atoms with Crippen molar-refractivity contribution in [2.45, 2.75) is 31.7 Å². The molecular formula is C7H14N2O. The molecule has 1 atom stereocenters. The predicted molar refractivity (Wildman–Crippen MR) is 39.5 cm³/mol. The lowest BCUT2D eigenvalue weighted by molar-refractivity contribution is -0.124. The van der Waals surface area contributed by atoms with Gasteiger partial charge in [-0.3, -0.25) is 4.79 Å². The molecule has 1 aliphatic heterocycles. The van der Waals surface area contributed by atoms with Crippen LogP contribution >= 0.6 is 0 Å². The smallest absolute Gasteiger partial charge is 0.237 e. The molecule has 0 spiro atoms. The maximum Gasteiger partial charge on any atom is 0.237 e. The molecular weight excluding hydrogens is 128 g/mol. The van der Waals surface area contributed by atoms with Crippen molar-refractivity contribution >= 4 is 5.91 Å². The highest BCUT2D eigenvalue weighted by Crippen LogP contribution is 2.17. The molecule has 0 radical (unpaired) electrons. The summed E-state index contributed by atoms with van der Waals surface area (Å²) >= 11 is 0. The number of piperidine rings is 1. The van der Waals surface area contributed by atoms with Crippen LogP contribution in [0.3, 0.4) is 0 Å². The fourth-order valence-corrected chi connectivity index (χ4v) is 1.27. The number of primary amides is 1. The minimum absolute atomic E-state index is 0.229. The van der Waals surface area contributed by atoms with Crippen LogP contribution < -0.4 is 11.1 Å². The second-order valence-corrected chi connectivity index (χ2v) is 3.08. The van der Waals surface area contributed by atoms with Gasteiger partial charge in [0.05, 0.1) is 5.54 Å². The normalized spacial score (nSPS) is 33.7. The van der Waals surface area contributed by atoms with E-state index in [9.17, 15) is 4.79 Å². The zero-order valence-electron chi connectivity index (χ0n) is 6.31. The highest BCUT2D eigenvalue weighted by atomic mass is 16.1. The molecule has 10 heavy (non-hydrogen) atoms. The summed E-state index contributed by atoms with van der Waals surface area (Å²) in [5.41, 5.74) is 4.77. The van der Waals surface area contributed by atoms with Gasteiger partial charge in [0.25, 0.3) is 0 Å². The summed E-state index contributed by atoms with van der Waals surface area (Å²) in [6, 6.07) is 0. The van der Waals surface area contributed by atoms with E-state index in [0.717, 1.165) is 25.8 Å². The van der Waals surface area contributed by atoms with Crippen molar-refractivity contribution in [3.05, 3.63) is 0 Å². The van der Waals surface area contributed by atoms with E-state index in [0.29, 0.717) is 0 Å². The van der Waals surface area contributed by atoms with Crippen molar-refractivity contribution in [1.82, 2.24) is 5.32 Å². The Kier molecular flexibility index (Phi) is 1.94. The zero-order chi connectivity index (χ0) is 7.61. The predicted octanol–water partition coefficient (Wildman–Crippen LogP) is 0.00390. The Morgan fingerprint density at radius 2 is 2.30 bits per heavy atom. The summed E-state index contributed by atoms with van der Waals surface area (Å²) in [5, 5.41) is 3.12. The summed E-state index contributed by atoms with van der Waals surface area (Å²) < 4.78 is 0. The number of nitrogens with one attached hydrogen (secondary N) is 1. The average molecular weight is 142 g/mol. The number of rotatable bonds is 1. The maximum atomic E-state index is 10.8. The van der Waals surface area contributed by atoms with E-state index in [2.05, 4.69) is 5.32 Å². The molecule has 1 fully saturated rings. The van der Waals surface area contributed by atoms with Gasteiger partial charge in [-0.05, 0) is 32.7 Å². The van der Waals surface area contributed by atoms with Gasteiger partial charge < -0.3 is 11.1 Å². The molecule has 0 aromatic rings. The van der Waals surface area contributed by atoms with Gasteiger partial charge in [-0.25, -0.2) is 0 Å². The average Bonchev–Trinajstić information content (AvgIpc) is 1.89. The molecule has 1 unspecified atom stereocenters.